The molecule has 3 aromatic rings. The van der Waals surface area contributed by atoms with Gasteiger partial charge in [-0.1, -0.05) is 6.07 Å². The highest BCUT2D eigenvalue weighted by Gasteiger charge is 2.22. The molecule has 0 spiro atoms. The maximum atomic E-state index is 11.7. The largest absolute Gasteiger partial charge is 0.303 e. The Morgan fingerprint density at radius 2 is 1.97 bits per heavy atom. The Labute approximate surface area is 171 Å². The van der Waals surface area contributed by atoms with Gasteiger partial charge in [0.1, 0.15) is 5.82 Å². The van der Waals surface area contributed by atoms with E-state index in [1.54, 1.807) is 6.20 Å². The van der Waals surface area contributed by atoms with Crippen LogP contribution in [0.25, 0.3) is 5.82 Å². The summed E-state index contributed by atoms with van der Waals surface area (Å²) >= 11 is 0. The first kappa shape index (κ1) is 19.7. The van der Waals surface area contributed by atoms with Crippen molar-refractivity contribution in [1.82, 2.24) is 24.4 Å². The molecule has 0 atom stereocenters. The smallest absolute Gasteiger partial charge is 0.246 e. The molecule has 0 amide bonds. The monoisotopic (exact) mass is 411 g/mol. The van der Waals surface area contributed by atoms with Crippen molar-refractivity contribution in [3.8, 4) is 5.82 Å². The van der Waals surface area contributed by atoms with E-state index in [2.05, 4.69) is 57.3 Å². The molecule has 1 aliphatic rings. The Morgan fingerprint density at radius 1 is 1.17 bits per heavy atom. The van der Waals surface area contributed by atoms with E-state index < -0.39 is 9.84 Å². The van der Waals surface area contributed by atoms with Gasteiger partial charge < -0.3 is 4.57 Å². The van der Waals surface area contributed by atoms with E-state index in [4.69, 9.17) is 0 Å². The van der Waals surface area contributed by atoms with Crippen molar-refractivity contribution in [2.45, 2.75) is 45.4 Å². The lowest BCUT2D eigenvalue weighted by Crippen LogP contribution is -2.31. The van der Waals surface area contributed by atoms with Gasteiger partial charge in [0, 0.05) is 61.7 Å². The molecule has 0 fully saturated rings. The second-order valence-corrected chi connectivity index (χ2v) is 9.64. The first-order chi connectivity index (χ1) is 13.7. The van der Waals surface area contributed by atoms with Crippen molar-refractivity contribution < 1.29 is 8.42 Å². The highest BCUT2D eigenvalue weighted by Crippen LogP contribution is 2.25. The average molecular weight is 412 g/mol. The van der Waals surface area contributed by atoms with Gasteiger partial charge in [0.2, 0.25) is 15.0 Å². The summed E-state index contributed by atoms with van der Waals surface area (Å²) in [7, 11) is -3.38. The van der Waals surface area contributed by atoms with Crippen LogP contribution in [0.2, 0.25) is 0 Å². The van der Waals surface area contributed by atoms with E-state index in [0.717, 1.165) is 54.1 Å². The maximum absolute atomic E-state index is 11.7. The van der Waals surface area contributed by atoms with Crippen molar-refractivity contribution in [3.05, 3.63) is 64.4 Å². The molecule has 0 unspecified atom stereocenters. The molecule has 0 aromatic carbocycles. The maximum Gasteiger partial charge on any atom is 0.246 e. The zero-order valence-electron chi connectivity index (χ0n) is 17.2. The van der Waals surface area contributed by atoms with E-state index in [9.17, 15) is 8.42 Å². The topological polar surface area (TPSA) is 81.0 Å². The number of rotatable bonds is 4. The van der Waals surface area contributed by atoms with Gasteiger partial charge in [-0.05, 0) is 44.0 Å². The number of sulfone groups is 1. The van der Waals surface area contributed by atoms with Crippen LogP contribution in [0, 0.1) is 20.8 Å². The van der Waals surface area contributed by atoms with Crippen LogP contribution in [-0.4, -0.2) is 45.6 Å². The molecule has 3 aromatic heterocycles. The van der Waals surface area contributed by atoms with Crippen molar-refractivity contribution in [2.75, 3.05) is 12.8 Å². The van der Waals surface area contributed by atoms with Crippen LogP contribution in [0.15, 0.2) is 35.7 Å². The van der Waals surface area contributed by atoms with Crippen LogP contribution in [0.5, 0.6) is 0 Å². The van der Waals surface area contributed by atoms with Gasteiger partial charge in [-0.25, -0.2) is 23.4 Å². The average Bonchev–Trinajstić information content (AvgIpc) is 2.94. The van der Waals surface area contributed by atoms with E-state index in [0.29, 0.717) is 6.54 Å². The fourth-order valence-corrected chi connectivity index (χ4v) is 4.46. The number of hydrogen-bond acceptors (Lipinski definition) is 6. The van der Waals surface area contributed by atoms with Gasteiger partial charge in [-0.2, -0.15) is 0 Å². The Kier molecular flexibility index (Phi) is 5.00. The van der Waals surface area contributed by atoms with Crippen molar-refractivity contribution in [3.63, 3.8) is 0 Å². The summed E-state index contributed by atoms with van der Waals surface area (Å²) in [6.07, 6.45) is 5.35. The molecule has 0 aliphatic carbocycles. The summed E-state index contributed by atoms with van der Waals surface area (Å²) in [4.78, 5) is 15.2. The molecule has 7 nitrogen and oxygen atoms in total. The lowest BCUT2D eigenvalue weighted by molar-refractivity contribution is 0.241. The zero-order chi connectivity index (χ0) is 20.8. The Balaban J connectivity index is 1.57. The quantitative estimate of drug-likeness (QED) is 0.614. The molecular formula is C21H25N5O2S. The summed E-state index contributed by atoms with van der Waals surface area (Å²) in [6, 6.07) is 6.26. The molecule has 4 heterocycles. The predicted molar refractivity (Wildman–Crippen MR) is 111 cm³/mol. The van der Waals surface area contributed by atoms with Crippen LogP contribution in [-0.2, 0) is 29.3 Å². The van der Waals surface area contributed by atoms with E-state index in [1.807, 2.05) is 12.3 Å². The summed E-state index contributed by atoms with van der Waals surface area (Å²) in [5.74, 6) is 0.972. The second-order valence-electron chi connectivity index (χ2n) is 7.73. The summed E-state index contributed by atoms with van der Waals surface area (Å²) < 4.78 is 25.6. The molecule has 0 saturated carbocycles. The Bertz CT molecular complexity index is 1180. The molecular weight excluding hydrogens is 386 g/mol. The normalized spacial score (nSPS) is 14.8. The molecule has 0 N–H and O–H groups in total. The van der Waals surface area contributed by atoms with Crippen molar-refractivity contribution >= 4 is 9.84 Å². The highest BCUT2D eigenvalue weighted by molar-refractivity contribution is 7.90. The molecule has 29 heavy (non-hydrogen) atoms. The number of nitrogens with zero attached hydrogens (tertiary/aromatic N) is 5. The SMILES string of the molecule is Cc1cccnc1-n1c(C)cc(CN2CCc3nc(S(C)(=O)=O)ncc3C2)c1C. The first-order valence-electron chi connectivity index (χ1n) is 9.61. The minimum atomic E-state index is -3.38. The Hall–Kier alpha value is -2.58. The highest BCUT2D eigenvalue weighted by atomic mass is 32.2. The molecule has 152 valence electrons. The third-order valence-corrected chi connectivity index (χ3v) is 6.31. The van der Waals surface area contributed by atoms with Gasteiger partial charge in [0.05, 0.1) is 5.69 Å². The van der Waals surface area contributed by atoms with Crippen molar-refractivity contribution in [1.29, 1.82) is 0 Å². The van der Waals surface area contributed by atoms with Crippen molar-refractivity contribution in [2.24, 2.45) is 0 Å². The van der Waals surface area contributed by atoms with E-state index in [1.165, 1.54) is 11.3 Å². The number of aryl methyl sites for hydroxylation is 2. The number of fused-ring (bicyclic) bond motifs is 1. The second kappa shape index (κ2) is 7.35. The van der Waals surface area contributed by atoms with Gasteiger partial charge >= 0.3 is 0 Å². The lowest BCUT2D eigenvalue weighted by atomic mass is 10.1. The molecule has 0 bridgehead atoms. The molecule has 1 aliphatic heterocycles. The Morgan fingerprint density at radius 3 is 2.69 bits per heavy atom. The summed E-state index contributed by atoms with van der Waals surface area (Å²) in [5.41, 5.74) is 6.61. The summed E-state index contributed by atoms with van der Waals surface area (Å²) in [5, 5.41) is -0.0843. The van der Waals surface area contributed by atoms with Gasteiger partial charge in [0.25, 0.3) is 0 Å². The van der Waals surface area contributed by atoms with Gasteiger partial charge in [-0.3, -0.25) is 4.90 Å². The standard InChI is InChI=1S/C21H25N5O2S/c1-14-6-5-8-22-20(14)26-15(2)10-17(16(26)3)12-25-9-7-19-18(13-25)11-23-21(24-19)29(4,27)28/h5-6,8,10-11H,7,9,12-13H2,1-4H3. The molecule has 0 saturated heterocycles. The van der Waals surface area contributed by atoms with E-state index in [-0.39, 0.29) is 5.16 Å². The van der Waals surface area contributed by atoms with Crippen LogP contribution >= 0.6 is 0 Å². The number of aromatic nitrogens is 4. The van der Waals surface area contributed by atoms with Crippen LogP contribution in [0.3, 0.4) is 0 Å². The summed E-state index contributed by atoms with van der Waals surface area (Å²) in [6.45, 7) is 8.68. The number of pyridine rings is 1. The molecule has 4 rings (SSSR count). The van der Waals surface area contributed by atoms with Gasteiger partial charge in [-0.15, -0.1) is 0 Å². The van der Waals surface area contributed by atoms with Gasteiger partial charge in [0.15, 0.2) is 0 Å². The number of hydrogen-bond donors (Lipinski definition) is 0. The van der Waals surface area contributed by atoms with Crippen LogP contribution in [0.4, 0.5) is 0 Å². The minimum absolute atomic E-state index is 0.0843. The first-order valence-corrected chi connectivity index (χ1v) is 11.5. The minimum Gasteiger partial charge on any atom is -0.303 e. The van der Waals surface area contributed by atoms with E-state index >= 15 is 0 Å². The third-order valence-electron chi connectivity index (χ3n) is 5.45. The lowest BCUT2D eigenvalue weighted by Gasteiger charge is -2.28. The fourth-order valence-electron chi connectivity index (χ4n) is 3.94. The van der Waals surface area contributed by atoms with Crippen LogP contribution < -0.4 is 0 Å². The predicted octanol–water partition coefficient (Wildman–Crippen LogP) is 2.55. The zero-order valence-corrected chi connectivity index (χ0v) is 18.0. The fraction of sp³-hybridized carbons (Fsp3) is 0.381. The van der Waals surface area contributed by atoms with Crippen LogP contribution in [0.1, 0.15) is 33.8 Å². The molecule has 0 radical (unpaired) electrons. The molecule has 8 heteroatoms. The third kappa shape index (κ3) is 3.82.